The molecular weight excluding hydrogens is 216 g/mol. The molecule has 1 atom stereocenters. The molecule has 0 aromatic carbocycles. The Labute approximate surface area is 102 Å². The monoisotopic (exact) mass is 238 g/mol. The number of hydrogen-bond donors (Lipinski definition) is 2. The van der Waals surface area contributed by atoms with Crippen molar-refractivity contribution in [2.24, 2.45) is 0 Å². The maximum atomic E-state index is 10.2. The van der Waals surface area contributed by atoms with Crippen molar-refractivity contribution in [1.29, 1.82) is 0 Å². The molecule has 1 aromatic rings. The van der Waals surface area contributed by atoms with Gasteiger partial charge in [-0.3, -0.25) is 0 Å². The van der Waals surface area contributed by atoms with Crippen LogP contribution in [0.1, 0.15) is 32.4 Å². The Bertz CT molecular complexity index is 411. The van der Waals surface area contributed by atoms with E-state index in [4.69, 9.17) is 5.73 Å². The van der Waals surface area contributed by atoms with E-state index in [0.717, 1.165) is 43.1 Å². The summed E-state index contributed by atoms with van der Waals surface area (Å²) in [4.78, 5) is 2.16. The minimum absolute atomic E-state index is 0.624. The number of aromatic nitrogens is 2. The van der Waals surface area contributed by atoms with Gasteiger partial charge in [-0.1, -0.05) is 0 Å². The second kappa shape index (κ2) is 4.22. The molecule has 0 aliphatic carbocycles. The largest absolute Gasteiger partial charge is 0.394 e. The lowest BCUT2D eigenvalue weighted by molar-refractivity contribution is 0.0445. The van der Waals surface area contributed by atoms with Gasteiger partial charge in [0.1, 0.15) is 0 Å². The molecule has 0 spiro atoms. The average molecular weight is 238 g/mol. The molecule has 0 amide bonds. The summed E-state index contributed by atoms with van der Waals surface area (Å²) in [5.74, 6) is 0.963. The first-order valence-electron chi connectivity index (χ1n) is 6.25. The van der Waals surface area contributed by atoms with Crippen LogP contribution in [0.25, 0.3) is 0 Å². The summed E-state index contributed by atoms with van der Waals surface area (Å²) in [6.45, 7) is 8.22. The molecule has 1 unspecified atom stereocenters. The van der Waals surface area contributed by atoms with Crippen molar-refractivity contribution < 1.29 is 5.11 Å². The van der Waals surface area contributed by atoms with Gasteiger partial charge in [-0.25, -0.2) is 4.68 Å². The summed E-state index contributed by atoms with van der Waals surface area (Å²) in [7, 11) is 0. The first-order chi connectivity index (χ1) is 7.94. The maximum absolute atomic E-state index is 10.2. The molecule has 1 aromatic heterocycles. The van der Waals surface area contributed by atoms with E-state index in [9.17, 15) is 5.11 Å². The molecule has 0 bridgehead atoms. The van der Waals surface area contributed by atoms with Gasteiger partial charge in [-0.2, -0.15) is 5.10 Å². The van der Waals surface area contributed by atoms with Crippen LogP contribution in [0, 0.1) is 6.92 Å². The lowest BCUT2D eigenvalue weighted by atomic mass is 9.95. The third-order valence-electron chi connectivity index (χ3n) is 3.42. The zero-order valence-electron chi connectivity index (χ0n) is 10.9. The summed E-state index contributed by atoms with van der Waals surface area (Å²) in [5, 5.41) is 14.6. The Balaban J connectivity index is 2.33. The summed E-state index contributed by atoms with van der Waals surface area (Å²) in [6.07, 6.45) is 1.84. The van der Waals surface area contributed by atoms with Crippen LogP contribution in [-0.2, 0) is 6.54 Å². The van der Waals surface area contributed by atoms with Crippen LogP contribution in [0.2, 0.25) is 0 Å². The van der Waals surface area contributed by atoms with E-state index < -0.39 is 5.60 Å². The van der Waals surface area contributed by atoms with Crippen molar-refractivity contribution in [2.75, 3.05) is 23.7 Å². The normalized spacial score (nSPS) is 25.3. The number of hydrogen-bond acceptors (Lipinski definition) is 4. The Morgan fingerprint density at radius 3 is 2.82 bits per heavy atom. The van der Waals surface area contributed by atoms with E-state index in [1.807, 2.05) is 18.5 Å². The maximum Gasteiger partial charge on any atom is 0.150 e. The van der Waals surface area contributed by atoms with E-state index in [1.165, 1.54) is 0 Å². The van der Waals surface area contributed by atoms with Crippen LogP contribution in [0.15, 0.2) is 0 Å². The van der Waals surface area contributed by atoms with Crippen LogP contribution in [-0.4, -0.2) is 33.6 Å². The zero-order chi connectivity index (χ0) is 12.6. The third kappa shape index (κ3) is 2.24. The smallest absolute Gasteiger partial charge is 0.150 e. The van der Waals surface area contributed by atoms with Crippen molar-refractivity contribution in [1.82, 2.24) is 9.78 Å². The second-order valence-electron chi connectivity index (χ2n) is 5.16. The average Bonchev–Trinajstić information content (AvgIpc) is 2.53. The molecule has 1 aliphatic rings. The summed E-state index contributed by atoms with van der Waals surface area (Å²) >= 11 is 0. The van der Waals surface area contributed by atoms with Gasteiger partial charge in [0.2, 0.25) is 0 Å². The predicted octanol–water partition coefficient (Wildman–Crippen LogP) is 1.14. The van der Waals surface area contributed by atoms with Crippen molar-refractivity contribution in [2.45, 2.75) is 45.8 Å². The van der Waals surface area contributed by atoms with Gasteiger partial charge < -0.3 is 15.7 Å². The number of β-amino-alcohol motifs (C(OH)–C–C–N with tert-alkyl or cyclic N) is 1. The molecule has 0 saturated carbocycles. The highest BCUT2D eigenvalue weighted by molar-refractivity contribution is 5.66. The van der Waals surface area contributed by atoms with Gasteiger partial charge in [0.15, 0.2) is 5.82 Å². The lowest BCUT2D eigenvalue weighted by Crippen LogP contribution is -2.47. The van der Waals surface area contributed by atoms with E-state index in [2.05, 4.69) is 16.9 Å². The molecule has 5 nitrogen and oxygen atoms in total. The summed E-state index contributed by atoms with van der Waals surface area (Å²) in [5.41, 5.74) is 7.08. The number of aliphatic hydroxyl groups is 1. The summed E-state index contributed by atoms with van der Waals surface area (Å²) < 4.78 is 1.92. The second-order valence-corrected chi connectivity index (χ2v) is 5.16. The number of nitrogens with two attached hydrogens (primary N) is 1. The molecular formula is C12H22N4O. The molecule has 17 heavy (non-hydrogen) atoms. The Kier molecular flexibility index (Phi) is 3.03. The number of nitrogens with zero attached hydrogens (tertiary/aromatic N) is 3. The van der Waals surface area contributed by atoms with Gasteiger partial charge in [0.05, 0.1) is 17.0 Å². The fourth-order valence-corrected chi connectivity index (χ4v) is 2.54. The molecule has 0 radical (unpaired) electrons. The lowest BCUT2D eigenvalue weighted by Gasteiger charge is -2.38. The van der Waals surface area contributed by atoms with E-state index in [-0.39, 0.29) is 0 Å². The van der Waals surface area contributed by atoms with Gasteiger partial charge in [-0.05, 0) is 33.6 Å². The summed E-state index contributed by atoms with van der Waals surface area (Å²) in [6, 6.07) is 0. The third-order valence-corrected chi connectivity index (χ3v) is 3.42. The van der Waals surface area contributed by atoms with Crippen molar-refractivity contribution in [3.05, 3.63) is 5.69 Å². The molecule has 96 valence electrons. The van der Waals surface area contributed by atoms with Crippen LogP contribution in [0.5, 0.6) is 0 Å². The zero-order valence-corrected chi connectivity index (χ0v) is 10.9. The highest BCUT2D eigenvalue weighted by atomic mass is 16.3. The number of piperidine rings is 1. The SMILES string of the molecule is CCn1nc(C)c(N)c1N1CCCC(C)(O)C1. The highest BCUT2D eigenvalue weighted by Gasteiger charge is 2.31. The van der Waals surface area contributed by atoms with E-state index >= 15 is 0 Å². The van der Waals surface area contributed by atoms with Gasteiger partial charge in [0.25, 0.3) is 0 Å². The fraction of sp³-hybridized carbons (Fsp3) is 0.750. The molecule has 2 heterocycles. The number of nitrogen functional groups attached to an aromatic ring is 1. The van der Waals surface area contributed by atoms with Crippen LogP contribution in [0.3, 0.4) is 0 Å². The van der Waals surface area contributed by atoms with Crippen molar-refractivity contribution in [3.8, 4) is 0 Å². The molecule has 1 aliphatic heterocycles. The quantitative estimate of drug-likeness (QED) is 0.811. The predicted molar refractivity (Wildman–Crippen MR) is 69.1 cm³/mol. The molecule has 3 N–H and O–H groups in total. The Morgan fingerprint density at radius 1 is 1.53 bits per heavy atom. The van der Waals surface area contributed by atoms with Crippen LogP contribution < -0.4 is 10.6 Å². The molecule has 2 rings (SSSR count). The van der Waals surface area contributed by atoms with E-state index in [1.54, 1.807) is 0 Å². The fourth-order valence-electron chi connectivity index (χ4n) is 2.54. The molecule has 5 heteroatoms. The molecule has 1 fully saturated rings. The van der Waals surface area contributed by atoms with Crippen molar-refractivity contribution >= 4 is 11.5 Å². The minimum Gasteiger partial charge on any atom is -0.394 e. The first kappa shape index (κ1) is 12.2. The van der Waals surface area contributed by atoms with Crippen molar-refractivity contribution in [3.63, 3.8) is 0 Å². The Morgan fingerprint density at radius 2 is 2.24 bits per heavy atom. The number of aryl methyl sites for hydroxylation is 2. The minimum atomic E-state index is -0.624. The van der Waals surface area contributed by atoms with E-state index in [0.29, 0.717) is 6.54 Å². The number of anilines is 2. The highest BCUT2D eigenvalue weighted by Crippen LogP contribution is 2.31. The molecule has 1 saturated heterocycles. The first-order valence-corrected chi connectivity index (χ1v) is 6.25. The number of rotatable bonds is 2. The standard InChI is InChI=1S/C12H22N4O/c1-4-16-11(10(13)9(2)14-16)15-7-5-6-12(3,17)8-15/h17H,4-8,13H2,1-3H3. The van der Waals surface area contributed by atoms with Crippen LogP contribution in [0.4, 0.5) is 11.5 Å². The van der Waals surface area contributed by atoms with Gasteiger partial charge >= 0.3 is 0 Å². The Hall–Kier alpha value is -1.23. The van der Waals surface area contributed by atoms with Gasteiger partial charge in [-0.15, -0.1) is 0 Å². The van der Waals surface area contributed by atoms with Crippen LogP contribution >= 0.6 is 0 Å². The topological polar surface area (TPSA) is 67.3 Å². The van der Waals surface area contributed by atoms with Gasteiger partial charge in [0, 0.05) is 19.6 Å².